The number of anilines is 1. The Morgan fingerprint density at radius 3 is 2.54 bits per heavy atom. The predicted octanol–water partition coefficient (Wildman–Crippen LogP) is 2.25. The van der Waals surface area contributed by atoms with Crippen LogP contribution in [0.2, 0.25) is 0 Å². The maximum Gasteiger partial charge on any atom is 0.165 e. The molecule has 13 heavy (non-hydrogen) atoms. The van der Waals surface area contributed by atoms with Crippen LogP contribution in [0.25, 0.3) is 0 Å². The van der Waals surface area contributed by atoms with Crippen LogP contribution in [0.15, 0.2) is 18.2 Å². The summed E-state index contributed by atoms with van der Waals surface area (Å²) in [5, 5.41) is 0. The second-order valence-corrected chi connectivity index (χ2v) is 3.26. The fourth-order valence-electron chi connectivity index (χ4n) is 1.03. The molecular weight excluding hydrogens is 169 g/mol. The minimum absolute atomic E-state index is 0.0199. The summed E-state index contributed by atoms with van der Waals surface area (Å²) in [5.74, 6) is -0.600. The molecule has 0 amide bonds. The Labute approximate surface area is 76.6 Å². The van der Waals surface area contributed by atoms with Crippen LogP contribution in [0.5, 0.6) is 0 Å². The Morgan fingerprint density at radius 1 is 1.46 bits per heavy atom. The molecule has 0 aliphatic heterocycles. The van der Waals surface area contributed by atoms with Crippen molar-refractivity contribution in [1.29, 1.82) is 0 Å². The zero-order chi connectivity index (χ0) is 10.0. The van der Waals surface area contributed by atoms with Crippen molar-refractivity contribution in [2.24, 2.45) is 5.92 Å². The summed E-state index contributed by atoms with van der Waals surface area (Å²) >= 11 is 0. The van der Waals surface area contributed by atoms with Crippen LogP contribution in [-0.4, -0.2) is 5.78 Å². The van der Waals surface area contributed by atoms with Gasteiger partial charge >= 0.3 is 0 Å². The highest BCUT2D eigenvalue weighted by molar-refractivity contribution is 5.98. The number of nitrogens with two attached hydrogens (primary N) is 1. The first kappa shape index (κ1) is 9.71. The van der Waals surface area contributed by atoms with Gasteiger partial charge < -0.3 is 5.73 Å². The zero-order valence-corrected chi connectivity index (χ0v) is 7.67. The number of halogens is 1. The number of Topliss-reactive ketones (excluding diaryl/α,β-unsaturated/α-hetero) is 1. The number of carbonyl (C=O) groups excluding carboxylic acids is 1. The van der Waals surface area contributed by atoms with Crippen molar-refractivity contribution in [3.8, 4) is 0 Å². The highest BCUT2D eigenvalue weighted by atomic mass is 19.1. The van der Waals surface area contributed by atoms with Crippen molar-refractivity contribution >= 4 is 11.5 Å². The molecular formula is C10H12FNO. The summed E-state index contributed by atoms with van der Waals surface area (Å²) in [5.41, 5.74) is 5.82. The van der Waals surface area contributed by atoms with Crippen molar-refractivity contribution in [2.75, 3.05) is 5.73 Å². The van der Waals surface area contributed by atoms with Crippen LogP contribution < -0.4 is 5.73 Å². The average molecular weight is 181 g/mol. The van der Waals surface area contributed by atoms with E-state index < -0.39 is 5.82 Å². The first-order chi connectivity index (χ1) is 6.02. The molecule has 1 aromatic carbocycles. The van der Waals surface area contributed by atoms with Gasteiger partial charge in [0.15, 0.2) is 5.78 Å². The summed E-state index contributed by atoms with van der Waals surface area (Å²) in [6.45, 7) is 3.59. The molecule has 1 rings (SSSR count). The van der Waals surface area contributed by atoms with Crippen LogP contribution in [0, 0.1) is 11.7 Å². The summed E-state index contributed by atoms with van der Waals surface area (Å²) in [7, 11) is 0. The molecule has 0 fully saturated rings. The van der Waals surface area contributed by atoms with E-state index in [0.717, 1.165) is 0 Å². The summed E-state index contributed by atoms with van der Waals surface area (Å²) in [6.07, 6.45) is 0. The van der Waals surface area contributed by atoms with Crippen LogP contribution in [0.1, 0.15) is 24.2 Å². The first-order valence-corrected chi connectivity index (χ1v) is 4.11. The normalized spacial score (nSPS) is 10.5. The van der Waals surface area contributed by atoms with E-state index in [9.17, 15) is 9.18 Å². The number of hydrogen-bond donors (Lipinski definition) is 1. The highest BCUT2D eigenvalue weighted by Gasteiger charge is 2.11. The van der Waals surface area contributed by atoms with E-state index in [4.69, 9.17) is 5.73 Å². The quantitative estimate of drug-likeness (QED) is 0.561. The van der Waals surface area contributed by atoms with E-state index in [2.05, 4.69) is 0 Å². The molecule has 0 saturated carbocycles. The molecule has 0 aromatic heterocycles. The fraction of sp³-hybridized carbons (Fsp3) is 0.300. The molecule has 3 heteroatoms. The Bertz CT molecular complexity index is 334. The van der Waals surface area contributed by atoms with E-state index in [1.165, 1.54) is 18.2 Å². The summed E-state index contributed by atoms with van der Waals surface area (Å²) in [6, 6.07) is 4.04. The Hall–Kier alpha value is -1.38. The largest absolute Gasteiger partial charge is 0.396 e. The van der Waals surface area contributed by atoms with Gasteiger partial charge in [-0.3, -0.25) is 4.79 Å². The maximum atomic E-state index is 12.7. The lowest BCUT2D eigenvalue weighted by Crippen LogP contribution is -2.08. The van der Waals surface area contributed by atoms with Crippen molar-refractivity contribution in [3.63, 3.8) is 0 Å². The molecule has 0 aliphatic rings. The van der Waals surface area contributed by atoms with Gasteiger partial charge in [-0.15, -0.1) is 0 Å². The van der Waals surface area contributed by atoms with Gasteiger partial charge in [0.05, 0.1) is 5.69 Å². The second kappa shape index (κ2) is 3.56. The first-order valence-electron chi connectivity index (χ1n) is 4.11. The molecule has 70 valence electrons. The number of hydrogen-bond acceptors (Lipinski definition) is 2. The minimum Gasteiger partial charge on any atom is -0.396 e. The highest BCUT2D eigenvalue weighted by Crippen LogP contribution is 2.15. The fourth-order valence-corrected chi connectivity index (χ4v) is 1.03. The van der Waals surface area contributed by atoms with Crippen molar-refractivity contribution in [2.45, 2.75) is 13.8 Å². The standard InChI is InChI=1S/C10H12FNO/c1-6(2)10(13)7-3-4-8(11)9(12)5-7/h3-6H,12H2,1-2H3. The number of rotatable bonds is 2. The number of ketones is 1. The molecule has 0 radical (unpaired) electrons. The van der Waals surface area contributed by atoms with Gasteiger partial charge in [-0.05, 0) is 18.2 Å². The third-order valence-electron chi connectivity index (χ3n) is 1.80. The molecule has 0 aliphatic carbocycles. The van der Waals surface area contributed by atoms with Crippen LogP contribution in [0.4, 0.5) is 10.1 Å². The smallest absolute Gasteiger partial charge is 0.165 e. The monoisotopic (exact) mass is 181 g/mol. The Kier molecular flexibility index (Phi) is 2.66. The third-order valence-corrected chi connectivity index (χ3v) is 1.80. The zero-order valence-electron chi connectivity index (χ0n) is 7.67. The topological polar surface area (TPSA) is 43.1 Å². The molecule has 2 nitrogen and oxygen atoms in total. The lowest BCUT2D eigenvalue weighted by molar-refractivity contribution is 0.0939. The predicted molar refractivity (Wildman–Crippen MR) is 50.0 cm³/mol. The molecule has 2 N–H and O–H groups in total. The number of benzene rings is 1. The van der Waals surface area contributed by atoms with Crippen molar-refractivity contribution in [1.82, 2.24) is 0 Å². The molecule has 0 heterocycles. The summed E-state index contributed by atoms with van der Waals surface area (Å²) in [4.78, 5) is 11.4. The third kappa shape index (κ3) is 2.05. The lowest BCUT2D eigenvalue weighted by Gasteiger charge is -2.04. The molecule has 0 unspecified atom stereocenters. The maximum absolute atomic E-state index is 12.7. The van der Waals surface area contributed by atoms with Crippen LogP contribution in [0.3, 0.4) is 0 Å². The SMILES string of the molecule is CC(C)C(=O)c1ccc(F)c(N)c1. The van der Waals surface area contributed by atoms with E-state index in [1.807, 2.05) is 0 Å². The van der Waals surface area contributed by atoms with Gasteiger partial charge in [0.1, 0.15) is 5.82 Å². The van der Waals surface area contributed by atoms with E-state index in [-0.39, 0.29) is 17.4 Å². The van der Waals surface area contributed by atoms with E-state index in [0.29, 0.717) is 5.56 Å². The van der Waals surface area contributed by atoms with E-state index in [1.54, 1.807) is 13.8 Å². The lowest BCUT2D eigenvalue weighted by atomic mass is 10.0. The van der Waals surface area contributed by atoms with Crippen molar-refractivity contribution in [3.05, 3.63) is 29.6 Å². The van der Waals surface area contributed by atoms with Gasteiger partial charge in [0.2, 0.25) is 0 Å². The van der Waals surface area contributed by atoms with Gasteiger partial charge in [-0.25, -0.2) is 4.39 Å². The van der Waals surface area contributed by atoms with Crippen LogP contribution >= 0.6 is 0 Å². The minimum atomic E-state index is -0.486. The van der Waals surface area contributed by atoms with Gasteiger partial charge in [-0.2, -0.15) is 0 Å². The molecule has 0 spiro atoms. The number of nitrogen functional groups attached to an aromatic ring is 1. The van der Waals surface area contributed by atoms with Crippen LogP contribution in [-0.2, 0) is 0 Å². The second-order valence-electron chi connectivity index (χ2n) is 3.26. The molecule has 0 atom stereocenters. The van der Waals surface area contributed by atoms with Gasteiger partial charge in [0.25, 0.3) is 0 Å². The van der Waals surface area contributed by atoms with Gasteiger partial charge in [0, 0.05) is 11.5 Å². The van der Waals surface area contributed by atoms with Gasteiger partial charge in [-0.1, -0.05) is 13.8 Å². The van der Waals surface area contributed by atoms with E-state index >= 15 is 0 Å². The summed E-state index contributed by atoms with van der Waals surface area (Å²) < 4.78 is 12.7. The Balaban J connectivity index is 3.04. The molecule has 0 saturated heterocycles. The Morgan fingerprint density at radius 2 is 2.08 bits per heavy atom. The molecule has 1 aromatic rings. The average Bonchev–Trinajstić information content (AvgIpc) is 2.08. The van der Waals surface area contributed by atoms with Crippen molar-refractivity contribution < 1.29 is 9.18 Å². The number of carbonyl (C=O) groups is 1. The molecule has 0 bridgehead atoms.